The lowest BCUT2D eigenvalue weighted by Gasteiger charge is -2.35. The van der Waals surface area contributed by atoms with E-state index in [-0.39, 0.29) is 6.61 Å². The Morgan fingerprint density at radius 3 is 2.35 bits per heavy atom. The SMILES string of the molecule is CCOC(=O)[C@](NC(=O)CCl)(Nc1ccccc1F)C(F)(F)F. The van der Waals surface area contributed by atoms with Crippen molar-refractivity contribution in [1.29, 1.82) is 0 Å². The summed E-state index contributed by atoms with van der Waals surface area (Å²) in [7, 11) is 0. The number of hydrogen-bond donors (Lipinski definition) is 2. The molecular weight excluding hydrogens is 344 g/mol. The molecule has 5 nitrogen and oxygen atoms in total. The summed E-state index contributed by atoms with van der Waals surface area (Å²) >= 11 is 5.19. The Morgan fingerprint density at radius 1 is 1.26 bits per heavy atom. The number of ether oxygens (including phenoxy) is 1. The second-order valence-corrected chi connectivity index (χ2v) is 4.52. The smallest absolute Gasteiger partial charge is 0.441 e. The van der Waals surface area contributed by atoms with Crippen molar-refractivity contribution < 1.29 is 31.9 Å². The minimum absolute atomic E-state index is 0.383. The van der Waals surface area contributed by atoms with Crippen molar-refractivity contribution in [1.82, 2.24) is 5.32 Å². The lowest BCUT2D eigenvalue weighted by molar-refractivity contribution is -0.207. The molecule has 0 bridgehead atoms. The fourth-order valence-corrected chi connectivity index (χ4v) is 1.70. The number of alkyl halides is 4. The van der Waals surface area contributed by atoms with Crippen LogP contribution in [0.1, 0.15) is 6.92 Å². The number of hydrogen-bond acceptors (Lipinski definition) is 4. The standard InChI is InChI=1S/C13H13ClF4N2O3/c1-2-23-11(22)12(13(16,17)18,20-10(21)7-14)19-9-6-4-3-5-8(9)15/h3-6,19H,2,7H2,1H3,(H,20,21)/t12-/m1/s1. The summed E-state index contributed by atoms with van der Waals surface area (Å²) in [5.41, 5.74) is -4.32. The Kier molecular flexibility index (Phi) is 6.20. The number of esters is 1. The molecule has 0 radical (unpaired) electrons. The van der Waals surface area contributed by atoms with Gasteiger partial charge in [-0.1, -0.05) is 12.1 Å². The predicted molar refractivity (Wildman–Crippen MR) is 74.3 cm³/mol. The van der Waals surface area contributed by atoms with Crippen molar-refractivity contribution in [3.63, 3.8) is 0 Å². The maximum atomic E-state index is 13.7. The molecule has 1 rings (SSSR count). The zero-order valence-electron chi connectivity index (χ0n) is 11.8. The molecule has 1 aromatic carbocycles. The van der Waals surface area contributed by atoms with E-state index < -0.39 is 41.1 Å². The van der Waals surface area contributed by atoms with Gasteiger partial charge in [0, 0.05) is 0 Å². The first-order valence-electron chi connectivity index (χ1n) is 6.31. The molecule has 0 aromatic heterocycles. The first-order valence-corrected chi connectivity index (χ1v) is 6.85. The summed E-state index contributed by atoms with van der Waals surface area (Å²) in [6.45, 7) is 0.901. The molecule has 2 N–H and O–H groups in total. The van der Waals surface area contributed by atoms with Gasteiger partial charge in [-0.15, -0.1) is 11.6 Å². The van der Waals surface area contributed by atoms with Crippen LogP contribution in [0.25, 0.3) is 0 Å². The third-order valence-corrected chi connectivity index (χ3v) is 2.89. The fraction of sp³-hybridized carbons (Fsp3) is 0.385. The fourth-order valence-electron chi connectivity index (χ4n) is 1.64. The molecule has 23 heavy (non-hydrogen) atoms. The maximum Gasteiger partial charge on any atom is 0.441 e. The molecule has 128 valence electrons. The lowest BCUT2D eigenvalue weighted by atomic mass is 10.1. The van der Waals surface area contributed by atoms with Gasteiger partial charge in [-0.2, -0.15) is 13.2 Å². The van der Waals surface area contributed by atoms with E-state index in [4.69, 9.17) is 11.6 Å². The Labute approximate surface area is 133 Å². The number of carbonyl (C=O) groups is 2. The van der Waals surface area contributed by atoms with Gasteiger partial charge in [0.25, 0.3) is 0 Å². The number of benzene rings is 1. The molecule has 0 aliphatic carbocycles. The largest absolute Gasteiger partial charge is 0.463 e. The van der Waals surface area contributed by atoms with Crippen molar-refractivity contribution >= 4 is 29.2 Å². The molecule has 0 fully saturated rings. The average Bonchev–Trinajstić information content (AvgIpc) is 2.47. The van der Waals surface area contributed by atoms with Crippen LogP contribution in [0.3, 0.4) is 0 Å². The number of amides is 1. The van der Waals surface area contributed by atoms with Crippen molar-refractivity contribution in [3.8, 4) is 0 Å². The van der Waals surface area contributed by atoms with Gasteiger partial charge in [-0.3, -0.25) is 4.79 Å². The Hall–Kier alpha value is -2.03. The van der Waals surface area contributed by atoms with Gasteiger partial charge in [-0.25, -0.2) is 9.18 Å². The highest BCUT2D eigenvalue weighted by Gasteiger charge is 2.63. The van der Waals surface area contributed by atoms with E-state index in [0.29, 0.717) is 0 Å². The normalized spacial score (nSPS) is 13.8. The van der Waals surface area contributed by atoms with Gasteiger partial charge in [0.1, 0.15) is 11.7 Å². The first kappa shape index (κ1) is 19.0. The molecule has 0 saturated carbocycles. The average molecular weight is 357 g/mol. The van der Waals surface area contributed by atoms with E-state index in [2.05, 4.69) is 4.74 Å². The van der Waals surface area contributed by atoms with E-state index in [9.17, 15) is 27.2 Å². The van der Waals surface area contributed by atoms with Crippen LogP contribution >= 0.6 is 11.6 Å². The number of rotatable bonds is 6. The van der Waals surface area contributed by atoms with Gasteiger partial charge in [0.05, 0.1) is 12.3 Å². The number of halogens is 5. The van der Waals surface area contributed by atoms with Crippen LogP contribution in [0.2, 0.25) is 0 Å². The lowest BCUT2D eigenvalue weighted by Crippen LogP contribution is -2.69. The summed E-state index contributed by atoms with van der Waals surface area (Å²) in [6.07, 6.45) is -5.33. The van der Waals surface area contributed by atoms with E-state index in [0.717, 1.165) is 12.1 Å². The molecule has 1 aromatic rings. The molecule has 1 atom stereocenters. The monoisotopic (exact) mass is 356 g/mol. The van der Waals surface area contributed by atoms with Crippen molar-refractivity contribution in [2.45, 2.75) is 18.8 Å². The van der Waals surface area contributed by atoms with Crippen LogP contribution < -0.4 is 10.6 Å². The Bertz CT molecular complexity index is 583. The van der Waals surface area contributed by atoms with Crippen LogP contribution in [-0.2, 0) is 14.3 Å². The second kappa shape index (κ2) is 7.49. The van der Waals surface area contributed by atoms with Crippen LogP contribution in [0.15, 0.2) is 24.3 Å². The highest BCUT2D eigenvalue weighted by atomic mass is 35.5. The van der Waals surface area contributed by atoms with E-state index in [1.807, 2.05) is 0 Å². The zero-order valence-corrected chi connectivity index (χ0v) is 12.6. The van der Waals surface area contributed by atoms with E-state index in [1.165, 1.54) is 24.4 Å². The molecule has 0 aliphatic heterocycles. The molecule has 1 amide bonds. The van der Waals surface area contributed by atoms with Crippen LogP contribution in [0, 0.1) is 5.82 Å². The van der Waals surface area contributed by atoms with Gasteiger partial charge in [0.2, 0.25) is 5.91 Å². The van der Waals surface area contributed by atoms with Gasteiger partial charge in [-0.05, 0) is 19.1 Å². The minimum Gasteiger partial charge on any atom is -0.463 e. The number of nitrogens with one attached hydrogen (secondary N) is 2. The summed E-state index contributed by atoms with van der Waals surface area (Å²) in [5.74, 6) is -5.02. The second-order valence-electron chi connectivity index (χ2n) is 4.25. The highest BCUT2D eigenvalue weighted by Crippen LogP contribution is 2.33. The topological polar surface area (TPSA) is 67.4 Å². The summed E-state index contributed by atoms with van der Waals surface area (Å²) in [6, 6.07) is 4.36. The molecule has 0 spiro atoms. The molecule has 0 unspecified atom stereocenters. The molecule has 0 saturated heterocycles. The van der Waals surface area contributed by atoms with E-state index >= 15 is 0 Å². The molecular formula is C13H13ClF4N2O3. The predicted octanol–water partition coefficient (Wildman–Crippen LogP) is 2.41. The summed E-state index contributed by atoms with van der Waals surface area (Å²) in [4.78, 5) is 23.3. The molecule has 0 heterocycles. The van der Waals surface area contributed by atoms with Gasteiger partial charge >= 0.3 is 17.8 Å². The Balaban J connectivity index is 3.39. The van der Waals surface area contributed by atoms with Crippen molar-refractivity contribution in [3.05, 3.63) is 30.1 Å². The zero-order chi connectivity index (χ0) is 17.7. The minimum atomic E-state index is -5.33. The van der Waals surface area contributed by atoms with Gasteiger partial charge < -0.3 is 15.4 Å². The van der Waals surface area contributed by atoms with Crippen LogP contribution in [0.4, 0.5) is 23.2 Å². The summed E-state index contributed by atoms with van der Waals surface area (Å²) in [5, 5.41) is 3.12. The number of carbonyl (C=O) groups excluding carboxylic acids is 2. The Morgan fingerprint density at radius 2 is 1.87 bits per heavy atom. The number of para-hydroxylation sites is 1. The quantitative estimate of drug-likeness (QED) is 0.355. The maximum absolute atomic E-state index is 13.7. The highest BCUT2D eigenvalue weighted by molar-refractivity contribution is 6.27. The third kappa shape index (κ3) is 4.25. The molecule has 10 heteroatoms. The van der Waals surface area contributed by atoms with E-state index in [1.54, 1.807) is 5.32 Å². The summed E-state index contributed by atoms with van der Waals surface area (Å²) < 4.78 is 58.6. The van der Waals surface area contributed by atoms with Crippen LogP contribution in [-0.4, -0.2) is 36.2 Å². The van der Waals surface area contributed by atoms with Crippen LogP contribution in [0.5, 0.6) is 0 Å². The number of anilines is 1. The van der Waals surface area contributed by atoms with Gasteiger partial charge in [0.15, 0.2) is 0 Å². The molecule has 0 aliphatic rings. The van der Waals surface area contributed by atoms with Crippen molar-refractivity contribution in [2.24, 2.45) is 0 Å². The third-order valence-electron chi connectivity index (χ3n) is 2.65. The first-order chi connectivity index (χ1) is 10.7. The van der Waals surface area contributed by atoms with Crippen molar-refractivity contribution in [2.75, 3.05) is 17.8 Å².